The maximum Gasteiger partial charge on any atom is 0.262 e. The summed E-state index contributed by atoms with van der Waals surface area (Å²) in [7, 11) is -3.91. The highest BCUT2D eigenvalue weighted by Gasteiger charge is 2.24. The summed E-state index contributed by atoms with van der Waals surface area (Å²) in [5.41, 5.74) is 0.187. The van der Waals surface area contributed by atoms with Crippen LogP contribution in [0, 0.1) is 0 Å². The minimum atomic E-state index is -3.91. The molecule has 1 atom stereocenters. The Balaban J connectivity index is 1.91. The lowest BCUT2D eigenvalue weighted by Crippen LogP contribution is -2.16. The predicted molar refractivity (Wildman–Crippen MR) is 113 cm³/mol. The van der Waals surface area contributed by atoms with Gasteiger partial charge in [0.15, 0.2) is 9.79 Å². The van der Waals surface area contributed by atoms with E-state index in [1.54, 1.807) is 24.3 Å². The highest BCUT2D eigenvalue weighted by Crippen LogP contribution is 2.31. The molecule has 9 heteroatoms. The molecule has 1 heterocycles. The number of halogens is 1. The van der Waals surface area contributed by atoms with Gasteiger partial charge in [0.1, 0.15) is 11.4 Å². The number of hydrogen-bond donors (Lipinski definition) is 1. The third kappa shape index (κ3) is 5.42. The van der Waals surface area contributed by atoms with Gasteiger partial charge in [0, 0.05) is 46.8 Å². The number of benzene rings is 2. The second kappa shape index (κ2) is 9.04. The van der Waals surface area contributed by atoms with Crippen LogP contribution in [0.1, 0.15) is 13.8 Å². The van der Waals surface area contributed by atoms with Crippen molar-refractivity contribution in [1.82, 2.24) is 4.98 Å². The van der Waals surface area contributed by atoms with Crippen molar-refractivity contribution in [1.29, 1.82) is 0 Å². The third-order valence-corrected chi connectivity index (χ3v) is 6.81. The van der Waals surface area contributed by atoms with Gasteiger partial charge in [0.05, 0.1) is 11.0 Å². The molecule has 1 unspecified atom stereocenters. The molecule has 0 amide bonds. The lowest BCUT2D eigenvalue weighted by Gasteiger charge is -2.16. The van der Waals surface area contributed by atoms with Crippen LogP contribution in [0.4, 0.5) is 5.69 Å². The Morgan fingerprint density at radius 3 is 2.34 bits per heavy atom. The van der Waals surface area contributed by atoms with Crippen LogP contribution in [0.3, 0.4) is 0 Å². The standard InChI is InChI=1S/C20H19ClN2O4S2/c1-14(2)27-16-4-6-18(7-5-16)29(25,26)23-19-8-3-15(21)13-20(19)28(24)17-9-11-22-12-10-17/h3-14,23H,1-2H3. The number of ether oxygens (including phenoxy) is 1. The second-order valence-corrected chi connectivity index (χ2v) is 9.90. The van der Waals surface area contributed by atoms with Gasteiger partial charge in [-0.3, -0.25) is 9.71 Å². The summed E-state index contributed by atoms with van der Waals surface area (Å²) >= 11 is 4.42. The van der Waals surface area contributed by atoms with Crippen molar-refractivity contribution < 1.29 is 17.7 Å². The van der Waals surface area contributed by atoms with Crippen molar-refractivity contribution in [3.63, 3.8) is 0 Å². The minimum Gasteiger partial charge on any atom is -0.606 e. The molecule has 1 N–H and O–H groups in total. The first-order valence-corrected chi connectivity index (χ1v) is 11.7. The van der Waals surface area contributed by atoms with Gasteiger partial charge in [-0.25, -0.2) is 8.42 Å². The topological polar surface area (TPSA) is 91.4 Å². The van der Waals surface area contributed by atoms with Crippen LogP contribution in [-0.2, 0) is 21.2 Å². The highest BCUT2D eigenvalue weighted by molar-refractivity contribution is 7.93. The number of rotatable bonds is 7. The first-order valence-electron chi connectivity index (χ1n) is 8.67. The highest BCUT2D eigenvalue weighted by atomic mass is 35.5. The molecule has 0 fully saturated rings. The molecule has 0 aliphatic rings. The molecule has 3 rings (SSSR count). The Morgan fingerprint density at radius 1 is 1.07 bits per heavy atom. The average Bonchev–Trinajstić information content (AvgIpc) is 2.69. The van der Waals surface area contributed by atoms with Crippen molar-refractivity contribution in [3.8, 4) is 5.75 Å². The van der Waals surface area contributed by atoms with Crippen LogP contribution in [0.15, 0.2) is 81.7 Å². The van der Waals surface area contributed by atoms with E-state index in [1.807, 2.05) is 13.8 Å². The van der Waals surface area contributed by atoms with Crippen LogP contribution in [0.2, 0.25) is 5.02 Å². The lowest BCUT2D eigenvalue weighted by atomic mass is 10.3. The van der Waals surface area contributed by atoms with Gasteiger partial charge in [-0.05, 0) is 50.2 Å². The number of aromatic nitrogens is 1. The molecule has 1 aromatic heterocycles. The summed E-state index contributed by atoms with van der Waals surface area (Å²) in [5.74, 6) is 0.574. The fraction of sp³-hybridized carbons (Fsp3) is 0.150. The van der Waals surface area contributed by atoms with Crippen molar-refractivity contribution in [2.75, 3.05) is 4.72 Å². The average molecular weight is 451 g/mol. The Bertz CT molecular complexity index is 1080. The summed E-state index contributed by atoms with van der Waals surface area (Å²) in [6, 6.07) is 13.8. The van der Waals surface area contributed by atoms with Gasteiger partial charge in [0.2, 0.25) is 0 Å². The molecule has 152 valence electrons. The number of pyridine rings is 1. The van der Waals surface area contributed by atoms with Gasteiger partial charge < -0.3 is 9.29 Å². The molecule has 0 radical (unpaired) electrons. The Labute approximate surface area is 178 Å². The fourth-order valence-corrected chi connectivity index (χ4v) is 5.05. The molecule has 6 nitrogen and oxygen atoms in total. The molecule has 0 saturated carbocycles. The summed E-state index contributed by atoms with van der Waals surface area (Å²) in [5, 5.41) is 0.348. The summed E-state index contributed by atoms with van der Waals surface area (Å²) in [6.45, 7) is 3.77. The van der Waals surface area contributed by atoms with Crippen molar-refractivity contribution in [2.24, 2.45) is 0 Å². The molecule has 2 aromatic carbocycles. The van der Waals surface area contributed by atoms with E-state index in [0.29, 0.717) is 15.7 Å². The number of anilines is 1. The normalized spacial score (nSPS) is 12.6. The zero-order valence-corrected chi connectivity index (χ0v) is 18.1. The van der Waals surface area contributed by atoms with Crippen LogP contribution in [-0.4, -0.2) is 24.1 Å². The molecule has 0 aliphatic heterocycles. The molecular weight excluding hydrogens is 432 g/mol. The van der Waals surface area contributed by atoms with Gasteiger partial charge in [-0.15, -0.1) is 0 Å². The van der Waals surface area contributed by atoms with Crippen molar-refractivity contribution in [3.05, 3.63) is 72.0 Å². The van der Waals surface area contributed by atoms with Gasteiger partial charge in [0.25, 0.3) is 10.0 Å². The van der Waals surface area contributed by atoms with E-state index in [9.17, 15) is 13.0 Å². The largest absolute Gasteiger partial charge is 0.606 e. The second-order valence-electron chi connectivity index (χ2n) is 6.34. The minimum absolute atomic E-state index is 0.0182. The molecule has 0 saturated heterocycles. The van der Waals surface area contributed by atoms with Crippen molar-refractivity contribution in [2.45, 2.75) is 34.6 Å². The van der Waals surface area contributed by atoms with Gasteiger partial charge in [-0.1, -0.05) is 11.6 Å². The molecular formula is C20H19ClN2O4S2. The number of nitrogens with zero attached hydrogens (tertiary/aromatic N) is 1. The number of hydrogen-bond acceptors (Lipinski definition) is 5. The summed E-state index contributed by atoms with van der Waals surface area (Å²) < 4.78 is 46.7. The predicted octanol–water partition coefficient (Wildman–Crippen LogP) is 4.49. The zero-order chi connectivity index (χ0) is 21.0. The van der Waals surface area contributed by atoms with Crippen LogP contribution >= 0.6 is 11.6 Å². The molecule has 3 aromatic rings. The lowest BCUT2D eigenvalue weighted by molar-refractivity contribution is 0.242. The molecule has 0 bridgehead atoms. The maximum atomic E-state index is 13.0. The number of sulfonamides is 1. The first kappa shape index (κ1) is 21.4. The van der Waals surface area contributed by atoms with Crippen LogP contribution < -0.4 is 9.46 Å². The molecule has 0 spiro atoms. The number of nitrogens with one attached hydrogen (secondary N) is 1. The zero-order valence-electron chi connectivity index (χ0n) is 15.7. The monoisotopic (exact) mass is 450 g/mol. The molecule has 29 heavy (non-hydrogen) atoms. The summed E-state index contributed by atoms with van der Waals surface area (Å²) in [6.07, 6.45) is 3.01. The van der Waals surface area contributed by atoms with E-state index < -0.39 is 21.2 Å². The van der Waals surface area contributed by atoms with E-state index in [-0.39, 0.29) is 21.6 Å². The first-order chi connectivity index (χ1) is 13.8. The Morgan fingerprint density at radius 2 is 1.72 bits per heavy atom. The van der Waals surface area contributed by atoms with Crippen LogP contribution in [0.5, 0.6) is 5.75 Å². The Kier molecular flexibility index (Phi) is 6.69. The van der Waals surface area contributed by atoms with E-state index >= 15 is 0 Å². The smallest absolute Gasteiger partial charge is 0.262 e. The Hall–Kier alpha value is -2.26. The van der Waals surface area contributed by atoms with Crippen molar-refractivity contribution >= 4 is 38.5 Å². The van der Waals surface area contributed by atoms with E-state index in [0.717, 1.165) is 0 Å². The van der Waals surface area contributed by atoms with Crippen LogP contribution in [0.25, 0.3) is 0 Å². The fourth-order valence-electron chi connectivity index (χ4n) is 2.50. The third-order valence-electron chi connectivity index (χ3n) is 3.76. The SMILES string of the molecule is CC(C)Oc1ccc(S(=O)(=O)Nc2ccc(Cl)cc2[S+]([O-])c2ccncc2)cc1. The quantitative estimate of drug-likeness (QED) is 0.535. The van der Waals surface area contributed by atoms with E-state index in [1.165, 1.54) is 42.7 Å². The van der Waals surface area contributed by atoms with E-state index in [2.05, 4.69) is 9.71 Å². The van der Waals surface area contributed by atoms with E-state index in [4.69, 9.17) is 16.3 Å². The maximum absolute atomic E-state index is 13.0. The molecule has 0 aliphatic carbocycles. The van der Waals surface area contributed by atoms with Gasteiger partial charge >= 0.3 is 0 Å². The summed E-state index contributed by atoms with van der Waals surface area (Å²) in [4.78, 5) is 4.70. The van der Waals surface area contributed by atoms with Gasteiger partial charge in [-0.2, -0.15) is 0 Å².